The first kappa shape index (κ1) is 26.1. The molecule has 0 saturated carbocycles. The second-order valence-corrected chi connectivity index (χ2v) is 10.00. The summed E-state index contributed by atoms with van der Waals surface area (Å²) in [7, 11) is 0. The quantitative estimate of drug-likeness (QED) is 0.189. The molecule has 5 aromatic rings. The molecule has 0 fully saturated rings. The number of aryl methyl sites for hydroxylation is 2. The van der Waals surface area contributed by atoms with Crippen molar-refractivity contribution in [2.24, 2.45) is 5.73 Å². The van der Waals surface area contributed by atoms with Crippen LogP contribution in [0.4, 0.5) is 11.9 Å². The number of hydrogen-bond donors (Lipinski definition) is 4. The number of nitrogens with zero attached hydrogens (tertiary/aromatic N) is 5. The van der Waals surface area contributed by atoms with Gasteiger partial charge in [0, 0.05) is 18.7 Å². The summed E-state index contributed by atoms with van der Waals surface area (Å²) in [6, 6.07) is 14.9. The Kier molecular flexibility index (Phi) is 6.88. The minimum atomic E-state index is -0.573. The van der Waals surface area contributed by atoms with Gasteiger partial charge in [-0.1, -0.05) is 30.3 Å². The van der Waals surface area contributed by atoms with Crippen LogP contribution in [-0.4, -0.2) is 54.3 Å². The zero-order valence-electron chi connectivity index (χ0n) is 22.8. The first-order chi connectivity index (χ1) is 19.9. The summed E-state index contributed by atoms with van der Waals surface area (Å²) in [5.74, 6) is 0.713. The van der Waals surface area contributed by atoms with Crippen molar-refractivity contribution in [3.63, 3.8) is 0 Å². The number of aromatic nitrogens is 6. The van der Waals surface area contributed by atoms with Gasteiger partial charge < -0.3 is 25.3 Å². The van der Waals surface area contributed by atoms with E-state index in [1.807, 2.05) is 54.9 Å². The number of rotatable bonds is 10. The lowest BCUT2D eigenvalue weighted by molar-refractivity contribution is 0.0995. The van der Waals surface area contributed by atoms with Crippen molar-refractivity contribution < 1.29 is 14.3 Å². The molecule has 41 heavy (non-hydrogen) atoms. The van der Waals surface area contributed by atoms with Gasteiger partial charge in [-0.05, 0) is 50.5 Å². The van der Waals surface area contributed by atoms with Crippen molar-refractivity contribution in [2.75, 3.05) is 23.8 Å². The Hall–Kier alpha value is -5.13. The smallest absolute Gasteiger partial charge is 0.276 e. The second kappa shape index (κ2) is 10.8. The lowest BCUT2D eigenvalue weighted by Crippen LogP contribution is -2.26. The number of ether oxygens (including phenoxy) is 1. The zero-order valence-corrected chi connectivity index (χ0v) is 22.8. The van der Waals surface area contributed by atoms with Gasteiger partial charge in [-0.15, -0.1) is 0 Å². The number of carbonyl (C=O) groups excluding carboxylic acids is 2. The summed E-state index contributed by atoms with van der Waals surface area (Å²) in [6.45, 7) is 5.38. The second-order valence-electron chi connectivity index (χ2n) is 10.00. The Balaban J connectivity index is 1.22. The summed E-state index contributed by atoms with van der Waals surface area (Å²) in [4.78, 5) is 37.7. The molecule has 210 valence electrons. The van der Waals surface area contributed by atoms with Gasteiger partial charge in [-0.2, -0.15) is 5.10 Å². The summed E-state index contributed by atoms with van der Waals surface area (Å²) < 4.78 is 9.73. The van der Waals surface area contributed by atoms with E-state index >= 15 is 0 Å². The van der Waals surface area contributed by atoms with Crippen LogP contribution in [0.3, 0.4) is 0 Å². The molecule has 0 bridgehead atoms. The molecule has 12 heteroatoms. The highest BCUT2D eigenvalue weighted by Crippen LogP contribution is 2.38. The van der Waals surface area contributed by atoms with E-state index in [0.29, 0.717) is 59.6 Å². The third kappa shape index (κ3) is 5.11. The van der Waals surface area contributed by atoms with Crippen LogP contribution in [0.25, 0.3) is 22.3 Å². The van der Waals surface area contributed by atoms with Crippen molar-refractivity contribution in [2.45, 2.75) is 39.3 Å². The first-order valence-corrected chi connectivity index (χ1v) is 13.6. The maximum absolute atomic E-state index is 13.3. The zero-order chi connectivity index (χ0) is 28.5. The molecular formula is C29H31N9O3. The fraction of sp³-hybridized carbons (Fsp3) is 0.276. The van der Waals surface area contributed by atoms with E-state index in [-0.39, 0.29) is 11.9 Å². The molecule has 1 atom stereocenters. The van der Waals surface area contributed by atoms with Crippen LogP contribution >= 0.6 is 0 Å². The van der Waals surface area contributed by atoms with E-state index in [9.17, 15) is 9.59 Å². The molecule has 1 aliphatic rings. The molecule has 5 N–H and O–H groups in total. The molecule has 0 radical (unpaired) electrons. The molecule has 12 nitrogen and oxygen atoms in total. The molecule has 1 aliphatic heterocycles. The van der Waals surface area contributed by atoms with Crippen LogP contribution in [0.1, 0.15) is 52.3 Å². The lowest BCUT2D eigenvalue weighted by atomic mass is 10.1. The Morgan fingerprint density at radius 3 is 2.80 bits per heavy atom. The van der Waals surface area contributed by atoms with Crippen molar-refractivity contribution >= 4 is 34.7 Å². The van der Waals surface area contributed by atoms with Crippen LogP contribution in [0.2, 0.25) is 0 Å². The van der Waals surface area contributed by atoms with E-state index < -0.39 is 5.91 Å². The largest absolute Gasteiger partial charge is 0.489 e. The maximum Gasteiger partial charge on any atom is 0.276 e. The van der Waals surface area contributed by atoms with Gasteiger partial charge >= 0.3 is 0 Å². The minimum Gasteiger partial charge on any atom is -0.489 e. The molecule has 3 aromatic heterocycles. The van der Waals surface area contributed by atoms with Crippen LogP contribution in [-0.2, 0) is 6.54 Å². The number of aromatic amines is 1. The standard InChI is InChI=1S/C29H31N9O3/c1-3-37-23(12-17(2)36-37)27(40)35-29-34-21-13-19(26(30)39)14-24-25(21)38(29)20(16-41-24)10-7-11-31-28-32-15-22(33-28)18-8-5-4-6-9-18/h4-6,8-9,12-15,20H,3,7,10-11,16H2,1-2H3,(H2,30,39)(H2,31,32,33)(H,34,35,40)/t20-/m0/s1. The molecule has 0 spiro atoms. The van der Waals surface area contributed by atoms with Crippen LogP contribution in [0.15, 0.2) is 54.7 Å². The molecule has 4 heterocycles. The number of imidazole rings is 2. The molecule has 2 amide bonds. The van der Waals surface area contributed by atoms with E-state index in [4.69, 9.17) is 15.5 Å². The number of H-pyrrole nitrogens is 1. The Bertz CT molecular complexity index is 1740. The summed E-state index contributed by atoms with van der Waals surface area (Å²) in [5.41, 5.74) is 10.3. The van der Waals surface area contributed by atoms with E-state index in [1.54, 1.807) is 22.9 Å². The highest BCUT2D eigenvalue weighted by molar-refractivity contribution is 6.04. The van der Waals surface area contributed by atoms with Crippen molar-refractivity contribution in [3.8, 4) is 17.0 Å². The van der Waals surface area contributed by atoms with Gasteiger partial charge in [0.2, 0.25) is 17.8 Å². The van der Waals surface area contributed by atoms with Crippen LogP contribution in [0.5, 0.6) is 5.75 Å². The fourth-order valence-electron chi connectivity index (χ4n) is 5.22. The highest BCUT2D eigenvalue weighted by atomic mass is 16.5. The number of carbonyl (C=O) groups is 2. The van der Waals surface area contributed by atoms with Gasteiger partial charge in [0.05, 0.1) is 29.1 Å². The minimum absolute atomic E-state index is 0.0988. The number of amides is 2. The lowest BCUT2D eigenvalue weighted by Gasteiger charge is -2.27. The van der Waals surface area contributed by atoms with Gasteiger partial charge in [-0.25, -0.2) is 9.97 Å². The Morgan fingerprint density at radius 1 is 1.20 bits per heavy atom. The van der Waals surface area contributed by atoms with Crippen LogP contribution < -0.4 is 21.1 Å². The normalized spacial score (nSPS) is 14.1. The van der Waals surface area contributed by atoms with Gasteiger partial charge in [0.15, 0.2) is 0 Å². The molecule has 2 aromatic carbocycles. The van der Waals surface area contributed by atoms with Crippen molar-refractivity contribution in [1.82, 2.24) is 29.3 Å². The SMILES string of the molecule is CCn1nc(C)cc1C(=O)Nc1nc2cc(C(N)=O)cc3c2n1[C@@H](CCCNc1ncc(-c2ccccc2)[nH]1)CO3. The predicted molar refractivity (Wildman–Crippen MR) is 155 cm³/mol. The van der Waals surface area contributed by atoms with Gasteiger partial charge in [0.1, 0.15) is 23.6 Å². The Morgan fingerprint density at radius 2 is 2.02 bits per heavy atom. The first-order valence-electron chi connectivity index (χ1n) is 13.6. The number of anilines is 2. The van der Waals surface area contributed by atoms with Crippen LogP contribution in [0, 0.1) is 6.92 Å². The predicted octanol–water partition coefficient (Wildman–Crippen LogP) is 4.13. The third-order valence-electron chi connectivity index (χ3n) is 7.16. The molecule has 0 saturated heterocycles. The highest BCUT2D eigenvalue weighted by Gasteiger charge is 2.29. The van der Waals surface area contributed by atoms with Gasteiger partial charge in [-0.3, -0.25) is 19.6 Å². The van der Waals surface area contributed by atoms with Crippen molar-refractivity contribution in [1.29, 1.82) is 0 Å². The molecule has 0 aliphatic carbocycles. The topological polar surface area (TPSA) is 158 Å². The molecule has 0 unspecified atom stereocenters. The number of nitrogens with one attached hydrogen (secondary N) is 3. The molecular weight excluding hydrogens is 522 g/mol. The summed E-state index contributed by atoms with van der Waals surface area (Å²) in [5, 5.41) is 10.7. The third-order valence-corrected chi connectivity index (χ3v) is 7.16. The average Bonchev–Trinajstić information content (AvgIpc) is 3.70. The number of hydrogen-bond acceptors (Lipinski definition) is 7. The Labute approximate surface area is 235 Å². The molecule has 6 rings (SSSR count). The fourth-order valence-corrected chi connectivity index (χ4v) is 5.22. The maximum atomic E-state index is 13.3. The van der Waals surface area contributed by atoms with Crippen molar-refractivity contribution in [3.05, 3.63) is 71.7 Å². The van der Waals surface area contributed by atoms with E-state index in [2.05, 4.69) is 25.7 Å². The summed E-state index contributed by atoms with van der Waals surface area (Å²) >= 11 is 0. The number of nitrogens with two attached hydrogens (primary N) is 1. The monoisotopic (exact) mass is 553 g/mol. The van der Waals surface area contributed by atoms with Gasteiger partial charge in [0.25, 0.3) is 5.91 Å². The van der Waals surface area contributed by atoms with E-state index in [1.165, 1.54) is 0 Å². The average molecular weight is 554 g/mol. The summed E-state index contributed by atoms with van der Waals surface area (Å²) in [6.07, 6.45) is 3.36. The number of primary amides is 1. The number of benzene rings is 2. The van der Waals surface area contributed by atoms with E-state index in [0.717, 1.165) is 29.8 Å².